The van der Waals surface area contributed by atoms with Crippen LogP contribution in [0.1, 0.15) is 29.7 Å². The van der Waals surface area contributed by atoms with Gasteiger partial charge < -0.3 is 10.6 Å². The Morgan fingerprint density at radius 3 is 2.22 bits per heavy atom. The summed E-state index contributed by atoms with van der Waals surface area (Å²) in [5.74, 6) is -0.834. The van der Waals surface area contributed by atoms with Crippen LogP contribution in [0.15, 0.2) is 103 Å². The Hall–Kier alpha value is -4.45. The highest BCUT2D eigenvalue weighted by Gasteiger charge is 2.52. The van der Waals surface area contributed by atoms with Gasteiger partial charge in [-0.3, -0.25) is 14.5 Å². The first-order valence-corrected chi connectivity index (χ1v) is 12.0. The van der Waals surface area contributed by atoms with E-state index in [1.54, 1.807) is 0 Å². The fourth-order valence-corrected chi connectivity index (χ4v) is 4.80. The number of amides is 4. The number of hydrogen-bond acceptors (Lipinski definition) is 3. The molecule has 1 fully saturated rings. The highest BCUT2D eigenvalue weighted by molar-refractivity contribution is 6.09. The van der Waals surface area contributed by atoms with Crippen molar-refractivity contribution < 1.29 is 14.4 Å². The van der Waals surface area contributed by atoms with E-state index in [1.165, 1.54) is 0 Å². The Morgan fingerprint density at radius 1 is 0.861 bits per heavy atom. The number of nitrogens with zero attached hydrogens (tertiary/aromatic N) is 1. The molecule has 0 saturated carbocycles. The zero-order chi connectivity index (χ0) is 25.1. The Kier molecular flexibility index (Phi) is 6.25. The zero-order valence-corrected chi connectivity index (χ0v) is 20.0. The third kappa shape index (κ3) is 4.45. The summed E-state index contributed by atoms with van der Waals surface area (Å²) in [4.78, 5) is 40.7. The summed E-state index contributed by atoms with van der Waals surface area (Å²) in [7, 11) is 0. The van der Waals surface area contributed by atoms with Crippen LogP contribution in [-0.4, -0.2) is 29.3 Å². The van der Waals surface area contributed by atoms with E-state index >= 15 is 0 Å². The molecule has 2 N–H and O–H groups in total. The lowest BCUT2D eigenvalue weighted by molar-refractivity contribution is -0.135. The number of hydrogen-bond donors (Lipinski definition) is 2. The lowest BCUT2D eigenvalue weighted by atomic mass is 9.83. The van der Waals surface area contributed by atoms with Gasteiger partial charge >= 0.3 is 6.03 Å². The predicted molar refractivity (Wildman–Crippen MR) is 139 cm³/mol. The summed E-state index contributed by atoms with van der Waals surface area (Å²) in [6.45, 7) is 1.53. The van der Waals surface area contributed by atoms with Gasteiger partial charge in [0.1, 0.15) is 6.54 Å². The van der Waals surface area contributed by atoms with Gasteiger partial charge in [-0.25, -0.2) is 4.79 Å². The summed E-state index contributed by atoms with van der Waals surface area (Å²) < 4.78 is 0. The molecule has 5 rings (SSSR count). The Labute approximate surface area is 209 Å². The number of fused-ring (bicyclic) bond motifs is 1. The molecule has 4 amide bonds. The lowest BCUT2D eigenvalue weighted by Gasteiger charge is -2.27. The van der Waals surface area contributed by atoms with Crippen LogP contribution in [0.4, 0.5) is 4.79 Å². The summed E-state index contributed by atoms with van der Waals surface area (Å²) in [6, 6.07) is 31.9. The van der Waals surface area contributed by atoms with Gasteiger partial charge in [0.2, 0.25) is 5.91 Å². The lowest BCUT2D eigenvalue weighted by Crippen LogP contribution is -2.47. The van der Waals surface area contributed by atoms with E-state index in [-0.39, 0.29) is 19.0 Å². The molecule has 180 valence electrons. The van der Waals surface area contributed by atoms with Crippen LogP contribution in [0.2, 0.25) is 0 Å². The van der Waals surface area contributed by atoms with Crippen molar-refractivity contribution in [1.82, 2.24) is 15.5 Å². The van der Waals surface area contributed by atoms with E-state index in [0.717, 1.165) is 26.8 Å². The Balaban J connectivity index is 1.35. The van der Waals surface area contributed by atoms with Gasteiger partial charge in [0.25, 0.3) is 5.91 Å². The normalized spacial score (nSPS) is 18.2. The second-order valence-corrected chi connectivity index (χ2v) is 9.15. The van der Waals surface area contributed by atoms with Crippen molar-refractivity contribution in [3.8, 4) is 0 Å². The molecule has 1 saturated heterocycles. The van der Waals surface area contributed by atoms with Crippen molar-refractivity contribution in [3.63, 3.8) is 0 Å². The molecule has 1 aliphatic heterocycles. The molecular weight excluding hydrogens is 450 g/mol. The van der Waals surface area contributed by atoms with Crippen molar-refractivity contribution in [3.05, 3.63) is 120 Å². The molecule has 6 nitrogen and oxygen atoms in total. The van der Waals surface area contributed by atoms with Crippen LogP contribution in [0, 0.1) is 0 Å². The largest absolute Gasteiger partial charge is 0.348 e. The van der Waals surface area contributed by atoms with Gasteiger partial charge in [0.05, 0.1) is 6.04 Å². The van der Waals surface area contributed by atoms with Gasteiger partial charge in [0, 0.05) is 6.42 Å². The van der Waals surface area contributed by atoms with Crippen molar-refractivity contribution in [2.24, 2.45) is 0 Å². The molecule has 4 aromatic rings. The van der Waals surface area contributed by atoms with Gasteiger partial charge in [0.15, 0.2) is 5.54 Å². The monoisotopic (exact) mass is 477 g/mol. The minimum absolute atomic E-state index is 0.286. The number of rotatable bonds is 7. The predicted octanol–water partition coefficient (Wildman–Crippen LogP) is 4.71. The summed E-state index contributed by atoms with van der Waals surface area (Å²) >= 11 is 0. The van der Waals surface area contributed by atoms with Gasteiger partial charge in [-0.15, -0.1) is 0 Å². The quantitative estimate of drug-likeness (QED) is 0.379. The van der Waals surface area contributed by atoms with E-state index in [1.807, 2.05) is 110 Å². The van der Waals surface area contributed by atoms with Crippen LogP contribution < -0.4 is 10.6 Å². The van der Waals surface area contributed by atoms with Crippen molar-refractivity contribution in [2.45, 2.75) is 24.9 Å². The second kappa shape index (κ2) is 9.66. The average molecular weight is 478 g/mol. The zero-order valence-electron chi connectivity index (χ0n) is 20.0. The molecule has 0 bridgehead atoms. The molecule has 2 unspecified atom stereocenters. The highest BCUT2D eigenvalue weighted by Crippen LogP contribution is 2.33. The molecule has 0 aliphatic carbocycles. The van der Waals surface area contributed by atoms with Gasteiger partial charge in [-0.2, -0.15) is 0 Å². The number of nitrogens with one attached hydrogen (secondary N) is 2. The summed E-state index contributed by atoms with van der Waals surface area (Å²) in [5, 5.41) is 8.04. The maximum absolute atomic E-state index is 13.7. The molecule has 0 radical (unpaired) electrons. The highest BCUT2D eigenvalue weighted by atomic mass is 16.2. The van der Waals surface area contributed by atoms with Crippen molar-refractivity contribution in [1.29, 1.82) is 0 Å². The molecule has 0 aromatic heterocycles. The fraction of sp³-hybridized carbons (Fsp3) is 0.167. The smallest absolute Gasteiger partial charge is 0.325 e. The summed E-state index contributed by atoms with van der Waals surface area (Å²) in [6.07, 6.45) is 0.286. The van der Waals surface area contributed by atoms with Crippen LogP contribution in [0.3, 0.4) is 0 Å². The maximum Gasteiger partial charge on any atom is 0.325 e. The average Bonchev–Trinajstić information content (AvgIpc) is 3.14. The first-order valence-electron chi connectivity index (χ1n) is 12.0. The van der Waals surface area contributed by atoms with Crippen LogP contribution >= 0.6 is 0 Å². The number of benzene rings is 4. The minimum atomic E-state index is -1.27. The maximum atomic E-state index is 13.7. The number of imide groups is 1. The third-order valence-electron chi connectivity index (χ3n) is 6.71. The van der Waals surface area contributed by atoms with E-state index in [2.05, 4.69) is 10.6 Å². The van der Waals surface area contributed by atoms with E-state index in [4.69, 9.17) is 0 Å². The Morgan fingerprint density at radius 2 is 1.50 bits per heavy atom. The molecule has 1 heterocycles. The van der Waals surface area contributed by atoms with Crippen molar-refractivity contribution in [2.75, 3.05) is 6.54 Å². The number of carbonyl (C=O) groups excluding carboxylic acids is 3. The van der Waals surface area contributed by atoms with Crippen LogP contribution in [0.25, 0.3) is 10.8 Å². The molecule has 6 heteroatoms. The molecular formula is C30H27N3O3. The minimum Gasteiger partial charge on any atom is -0.348 e. The van der Waals surface area contributed by atoms with Crippen LogP contribution in [-0.2, 0) is 21.5 Å². The van der Waals surface area contributed by atoms with E-state index < -0.39 is 23.4 Å². The standard InChI is InChI=1S/C30H27N3O3/c1-21(24-17-16-23-12-8-9-13-25(23)18-24)31-27(34)20-33-28(35)30(32-29(33)36,26-14-6-3-7-15-26)19-22-10-4-2-5-11-22/h2-18,21H,19-20H2,1H3,(H,31,34)(H,32,36). The Bertz CT molecular complexity index is 1420. The number of urea groups is 1. The topological polar surface area (TPSA) is 78.5 Å². The first-order chi connectivity index (χ1) is 17.5. The van der Waals surface area contributed by atoms with Crippen LogP contribution in [0.5, 0.6) is 0 Å². The fourth-order valence-electron chi connectivity index (χ4n) is 4.80. The first kappa shape index (κ1) is 23.3. The number of carbonyl (C=O) groups is 3. The molecule has 2 atom stereocenters. The van der Waals surface area contributed by atoms with Gasteiger partial charge in [-0.1, -0.05) is 97.1 Å². The SMILES string of the molecule is CC(NC(=O)CN1C(=O)NC(Cc2ccccc2)(c2ccccc2)C1=O)c1ccc2ccccc2c1. The molecule has 0 spiro atoms. The summed E-state index contributed by atoms with van der Waals surface area (Å²) in [5.41, 5.74) is 1.26. The molecule has 4 aromatic carbocycles. The molecule has 1 aliphatic rings. The third-order valence-corrected chi connectivity index (χ3v) is 6.71. The van der Waals surface area contributed by atoms with E-state index in [0.29, 0.717) is 5.56 Å². The second-order valence-electron chi connectivity index (χ2n) is 9.15. The van der Waals surface area contributed by atoms with Crippen molar-refractivity contribution >= 4 is 28.6 Å². The van der Waals surface area contributed by atoms with Gasteiger partial charge in [-0.05, 0) is 40.5 Å². The van der Waals surface area contributed by atoms with E-state index in [9.17, 15) is 14.4 Å². The molecule has 36 heavy (non-hydrogen) atoms.